The fourth-order valence-corrected chi connectivity index (χ4v) is 9.12. The van der Waals surface area contributed by atoms with Gasteiger partial charge in [-0.05, 0) is 105 Å². The van der Waals surface area contributed by atoms with E-state index in [0.29, 0.717) is 29.9 Å². The quantitative estimate of drug-likeness (QED) is 0.732. The van der Waals surface area contributed by atoms with Gasteiger partial charge in [-0.25, -0.2) is 0 Å². The molecule has 1 N–H and O–H groups in total. The van der Waals surface area contributed by atoms with Crippen molar-refractivity contribution >= 4 is 11.6 Å². The highest BCUT2D eigenvalue weighted by Gasteiger charge is 2.65. The number of hydrogen-bond acceptors (Lipinski definition) is 4. The number of carbonyl (C=O) groups excluding carboxylic acids is 2. The van der Waals surface area contributed by atoms with Gasteiger partial charge in [-0.2, -0.15) is 5.10 Å². The first-order chi connectivity index (χ1) is 14.8. The van der Waals surface area contributed by atoms with Crippen LogP contribution in [0.4, 0.5) is 0 Å². The zero-order valence-electron chi connectivity index (χ0n) is 18.9. The Kier molecular flexibility index (Phi) is 4.39. The number of nitrogens with zero attached hydrogens (tertiary/aromatic N) is 2. The van der Waals surface area contributed by atoms with Crippen LogP contribution < -0.4 is 0 Å². The van der Waals surface area contributed by atoms with E-state index < -0.39 is 0 Å². The average Bonchev–Trinajstić information content (AvgIpc) is 3.06. The van der Waals surface area contributed by atoms with Gasteiger partial charge in [0.15, 0.2) is 11.6 Å². The molecule has 5 fully saturated rings. The van der Waals surface area contributed by atoms with Gasteiger partial charge < -0.3 is 5.11 Å². The molecule has 0 saturated heterocycles. The summed E-state index contributed by atoms with van der Waals surface area (Å²) < 4.78 is 1.66. The lowest BCUT2D eigenvalue weighted by Crippen LogP contribution is -2.50. The maximum Gasteiger partial charge on any atom is 0.179 e. The molecule has 0 bridgehead atoms. The molecule has 1 heterocycles. The fraction of sp³-hybridized carbons (Fsp3) is 0.808. The molecule has 5 saturated carbocycles. The Balaban J connectivity index is 1.17. The van der Waals surface area contributed by atoms with E-state index >= 15 is 0 Å². The van der Waals surface area contributed by atoms with Crippen molar-refractivity contribution in [2.45, 2.75) is 83.8 Å². The molecule has 5 nitrogen and oxygen atoms in total. The minimum absolute atomic E-state index is 0.0552. The third kappa shape index (κ3) is 2.94. The van der Waals surface area contributed by atoms with E-state index in [4.69, 9.17) is 0 Å². The van der Waals surface area contributed by atoms with Gasteiger partial charge in [-0.15, -0.1) is 0 Å². The van der Waals surface area contributed by atoms with Gasteiger partial charge in [0.2, 0.25) is 0 Å². The standard InChI is InChI=1S/C26H36N2O3/c1-15(29)23-9-12-28(27-23)14-24(30)21-6-5-20-18-3-4-19-17(8-11-26(31)13-22(19)26)16(18)7-10-25(20,21)2/h9,12,16-22,31H,3-8,10-11,13-14H2,1-2H3/t16-,17-,18-,19-,20+,21-,22?,25+,26+/m1/s1. The molecule has 6 rings (SSSR count). The van der Waals surface area contributed by atoms with Crippen molar-refractivity contribution in [3.63, 3.8) is 0 Å². The van der Waals surface area contributed by atoms with Crippen molar-refractivity contribution in [1.82, 2.24) is 9.78 Å². The fourth-order valence-electron chi connectivity index (χ4n) is 9.12. The summed E-state index contributed by atoms with van der Waals surface area (Å²) >= 11 is 0. The molecule has 1 unspecified atom stereocenters. The first-order valence-corrected chi connectivity index (χ1v) is 12.6. The maximum atomic E-state index is 13.4. The molecule has 1 aromatic rings. The molecule has 0 aromatic carbocycles. The second-order valence-electron chi connectivity index (χ2n) is 11.9. The molecule has 31 heavy (non-hydrogen) atoms. The molecule has 5 aliphatic rings. The van der Waals surface area contributed by atoms with E-state index in [2.05, 4.69) is 12.0 Å². The summed E-state index contributed by atoms with van der Waals surface area (Å²) in [5.74, 6) is 4.81. The summed E-state index contributed by atoms with van der Waals surface area (Å²) in [6, 6.07) is 1.71. The summed E-state index contributed by atoms with van der Waals surface area (Å²) in [5.41, 5.74) is 0.267. The Morgan fingerprint density at radius 1 is 1.03 bits per heavy atom. The van der Waals surface area contributed by atoms with Crippen molar-refractivity contribution in [2.24, 2.45) is 46.8 Å². The van der Waals surface area contributed by atoms with E-state index in [1.807, 2.05) is 0 Å². The van der Waals surface area contributed by atoms with Crippen LogP contribution in [-0.4, -0.2) is 32.1 Å². The lowest BCUT2D eigenvalue weighted by molar-refractivity contribution is -0.131. The Hall–Kier alpha value is -1.49. The van der Waals surface area contributed by atoms with Crippen LogP contribution in [0.25, 0.3) is 0 Å². The van der Waals surface area contributed by atoms with Crippen LogP contribution in [0, 0.1) is 46.8 Å². The summed E-state index contributed by atoms with van der Waals surface area (Å²) in [6.45, 7) is 4.21. The third-order valence-corrected chi connectivity index (χ3v) is 10.7. The van der Waals surface area contributed by atoms with Gasteiger partial charge >= 0.3 is 0 Å². The van der Waals surface area contributed by atoms with Crippen LogP contribution in [0.1, 0.15) is 82.1 Å². The second-order valence-corrected chi connectivity index (χ2v) is 11.9. The number of aromatic nitrogens is 2. The average molecular weight is 425 g/mol. The highest BCUT2D eigenvalue weighted by atomic mass is 16.3. The topological polar surface area (TPSA) is 72.2 Å². The molecule has 0 spiro atoms. The predicted octanol–water partition coefficient (Wildman–Crippen LogP) is 4.28. The number of Topliss-reactive ketones (excluding diaryl/α,β-unsaturated/α-hetero) is 2. The van der Waals surface area contributed by atoms with Crippen LogP contribution in [0.15, 0.2) is 12.3 Å². The monoisotopic (exact) mass is 424 g/mol. The summed E-state index contributed by atoms with van der Waals surface area (Å²) in [6.07, 6.45) is 12.3. The van der Waals surface area contributed by atoms with Crippen molar-refractivity contribution < 1.29 is 14.7 Å². The molecule has 1 aromatic heterocycles. The van der Waals surface area contributed by atoms with E-state index in [1.165, 1.54) is 45.4 Å². The van der Waals surface area contributed by atoms with Crippen molar-refractivity contribution in [3.05, 3.63) is 18.0 Å². The van der Waals surface area contributed by atoms with Gasteiger partial charge in [-0.3, -0.25) is 14.3 Å². The minimum atomic E-state index is -0.295. The molecule has 0 amide bonds. The van der Waals surface area contributed by atoms with Crippen LogP contribution in [0.5, 0.6) is 0 Å². The van der Waals surface area contributed by atoms with E-state index in [9.17, 15) is 14.7 Å². The van der Waals surface area contributed by atoms with Crippen molar-refractivity contribution in [1.29, 1.82) is 0 Å². The Labute approximate surface area is 185 Å². The largest absolute Gasteiger partial charge is 0.390 e. The molecular weight excluding hydrogens is 388 g/mol. The first-order valence-electron chi connectivity index (χ1n) is 12.6. The number of fused-ring (bicyclic) bond motifs is 7. The number of hydrogen-bond donors (Lipinski definition) is 1. The zero-order valence-corrected chi connectivity index (χ0v) is 18.9. The van der Waals surface area contributed by atoms with E-state index in [1.54, 1.807) is 16.9 Å². The Bertz CT molecular complexity index is 924. The van der Waals surface area contributed by atoms with E-state index in [-0.39, 0.29) is 22.7 Å². The van der Waals surface area contributed by atoms with Gasteiger partial charge in [-0.1, -0.05) is 6.92 Å². The second kappa shape index (κ2) is 6.76. The Morgan fingerprint density at radius 3 is 2.45 bits per heavy atom. The summed E-state index contributed by atoms with van der Waals surface area (Å²) in [7, 11) is 0. The number of rotatable bonds is 4. The van der Waals surface area contributed by atoms with Gasteiger partial charge in [0.25, 0.3) is 0 Å². The number of aliphatic hydroxyl groups is 1. The lowest BCUT2D eigenvalue weighted by Gasteiger charge is -2.56. The van der Waals surface area contributed by atoms with Crippen LogP contribution in [-0.2, 0) is 11.3 Å². The van der Waals surface area contributed by atoms with Crippen LogP contribution in [0.2, 0.25) is 0 Å². The zero-order chi connectivity index (χ0) is 21.5. The number of carbonyl (C=O) groups is 2. The molecule has 5 aliphatic carbocycles. The smallest absolute Gasteiger partial charge is 0.179 e. The molecular formula is C26H36N2O3. The van der Waals surface area contributed by atoms with Crippen LogP contribution >= 0.6 is 0 Å². The lowest BCUT2D eigenvalue weighted by atomic mass is 9.49. The highest BCUT2D eigenvalue weighted by molar-refractivity contribution is 5.92. The van der Waals surface area contributed by atoms with Gasteiger partial charge in [0, 0.05) is 19.0 Å². The predicted molar refractivity (Wildman–Crippen MR) is 116 cm³/mol. The Morgan fingerprint density at radius 2 is 1.74 bits per heavy atom. The molecule has 0 aliphatic heterocycles. The third-order valence-electron chi connectivity index (χ3n) is 10.7. The molecule has 5 heteroatoms. The van der Waals surface area contributed by atoms with Gasteiger partial charge in [0.05, 0.1) is 12.1 Å². The molecule has 168 valence electrons. The summed E-state index contributed by atoms with van der Waals surface area (Å²) in [4.78, 5) is 24.9. The number of ketones is 2. The maximum absolute atomic E-state index is 13.4. The minimum Gasteiger partial charge on any atom is -0.390 e. The molecule has 9 atom stereocenters. The SMILES string of the molecule is CC(=O)c1ccn(CC(=O)[C@H]2CC[C@H]3[C@@H]4CC[C@H]5C6C[C@@]6(O)CC[C@@H]5[C@H]4CC[C@]23C)n1. The van der Waals surface area contributed by atoms with E-state index in [0.717, 1.165) is 42.9 Å². The first kappa shape index (κ1) is 20.1. The normalized spacial score (nSPS) is 47.6. The van der Waals surface area contributed by atoms with Gasteiger partial charge in [0.1, 0.15) is 5.69 Å². The van der Waals surface area contributed by atoms with Crippen LogP contribution in [0.3, 0.4) is 0 Å². The van der Waals surface area contributed by atoms with Crippen molar-refractivity contribution in [2.75, 3.05) is 0 Å². The van der Waals surface area contributed by atoms with Crippen molar-refractivity contribution in [3.8, 4) is 0 Å². The molecule has 0 radical (unpaired) electrons. The summed E-state index contributed by atoms with van der Waals surface area (Å²) in [5, 5.41) is 15.0. The highest BCUT2D eigenvalue weighted by Crippen LogP contribution is 2.68.